The van der Waals surface area contributed by atoms with E-state index in [1.54, 1.807) is 34.8 Å². The summed E-state index contributed by atoms with van der Waals surface area (Å²) in [4.78, 5) is 9.31. The largest absolute Gasteiger partial charge is 0.414 e. The highest BCUT2D eigenvalue weighted by Crippen LogP contribution is 2.53. The Hall–Kier alpha value is -3.35. The number of rotatable bonds is 7. The Balaban J connectivity index is 0.00000180. The van der Waals surface area contributed by atoms with Crippen molar-refractivity contribution in [3.05, 3.63) is 60.3 Å². The molecule has 0 amide bonds. The van der Waals surface area contributed by atoms with E-state index >= 15 is 0 Å². The lowest BCUT2D eigenvalue weighted by atomic mass is 10.1. The monoisotopic (exact) mass is 483 g/mol. The topological polar surface area (TPSA) is 146 Å². The van der Waals surface area contributed by atoms with Gasteiger partial charge in [0.25, 0.3) is 5.89 Å². The molecule has 10 nitrogen and oxygen atoms in total. The van der Waals surface area contributed by atoms with Crippen LogP contribution < -0.4 is 11.1 Å². The lowest BCUT2D eigenvalue weighted by Gasteiger charge is -2.47. The fraction of sp³-hybridized carbons (Fsp3) is 0.217. The van der Waals surface area contributed by atoms with Crippen LogP contribution in [-0.2, 0) is 6.54 Å². The van der Waals surface area contributed by atoms with Crippen molar-refractivity contribution in [1.82, 2.24) is 29.8 Å². The second-order valence-electron chi connectivity index (χ2n) is 7.95. The number of nitrogens with two attached hydrogens (primary N) is 1. The zero-order valence-corrected chi connectivity index (χ0v) is 19.4. The Kier molecular flexibility index (Phi) is 6.02. The summed E-state index contributed by atoms with van der Waals surface area (Å²) in [6.45, 7) is 2.14. The third-order valence-corrected chi connectivity index (χ3v) is 7.64. The summed E-state index contributed by atoms with van der Waals surface area (Å²) in [5.74, 6) is 0.704. The van der Waals surface area contributed by atoms with Crippen LogP contribution in [-0.4, -0.2) is 53.7 Å². The van der Waals surface area contributed by atoms with Gasteiger partial charge in [0.2, 0.25) is 5.89 Å². The van der Waals surface area contributed by atoms with Gasteiger partial charge in [0.15, 0.2) is 11.5 Å². The molecule has 2 aromatic carbocycles. The maximum atomic E-state index is 10.5. The van der Waals surface area contributed by atoms with Crippen LogP contribution in [0.3, 0.4) is 0 Å². The normalized spacial score (nSPS) is 14.7. The van der Waals surface area contributed by atoms with Crippen molar-refractivity contribution in [2.75, 3.05) is 25.9 Å². The van der Waals surface area contributed by atoms with Gasteiger partial charge in [0, 0.05) is 33.6 Å². The van der Waals surface area contributed by atoms with Crippen LogP contribution >= 0.6 is 10.8 Å². The maximum Gasteiger partial charge on any atom is 0.270 e. The average molecular weight is 484 g/mol. The lowest BCUT2D eigenvalue weighted by molar-refractivity contribution is 0.270. The van der Waals surface area contributed by atoms with Crippen molar-refractivity contribution in [2.24, 2.45) is 0 Å². The smallest absolute Gasteiger partial charge is 0.270 e. The predicted molar refractivity (Wildman–Crippen MR) is 135 cm³/mol. The van der Waals surface area contributed by atoms with Gasteiger partial charge in [-0.1, -0.05) is 24.3 Å². The van der Waals surface area contributed by atoms with Crippen molar-refractivity contribution < 1.29 is 16.4 Å². The Morgan fingerprint density at radius 2 is 1.71 bits per heavy atom. The van der Waals surface area contributed by atoms with Gasteiger partial charge in [-0.3, -0.25) is 9.11 Å². The highest BCUT2D eigenvalue weighted by molar-refractivity contribution is 8.22. The van der Waals surface area contributed by atoms with E-state index < -0.39 is 10.8 Å². The molecule has 0 spiro atoms. The first kappa shape index (κ1) is 22.4. The van der Waals surface area contributed by atoms with Crippen LogP contribution in [0.2, 0.25) is 0 Å². The van der Waals surface area contributed by atoms with Gasteiger partial charge in [-0.05, 0) is 43.3 Å². The first-order valence-electron chi connectivity index (χ1n) is 10.8. The van der Waals surface area contributed by atoms with Gasteiger partial charge in [-0.2, -0.15) is 0 Å². The van der Waals surface area contributed by atoms with Crippen LogP contribution in [0.5, 0.6) is 0 Å². The van der Waals surface area contributed by atoms with E-state index in [1.165, 1.54) is 0 Å². The Morgan fingerprint density at radius 1 is 1.03 bits per heavy atom. The summed E-state index contributed by atoms with van der Waals surface area (Å²) in [7, 11) is -1.05. The first-order chi connectivity index (χ1) is 16.5. The predicted octanol–water partition coefficient (Wildman–Crippen LogP) is 4.38. The van der Waals surface area contributed by atoms with Crippen molar-refractivity contribution in [2.45, 2.75) is 17.9 Å². The molecule has 0 bridgehead atoms. The molecule has 34 heavy (non-hydrogen) atoms. The minimum atomic E-state index is -2.95. The standard InChI is InChI=1S/C23H25N7O3S.2H2/c1-25-13-15-3-5-17(6-4-15)22-28-29-23(33-22)20-21(24)26-14-19(27-20)16-7-9-18(10-8-16)34(31,32)30-11-2-12-30;;/h3-10,14,25,31-32H,2,11-13H2,1H3,(H2,24,26);2*1H. The fourth-order valence-electron chi connectivity index (χ4n) is 3.60. The second kappa shape index (κ2) is 9.12. The number of nitrogens with zero attached hydrogens (tertiary/aromatic N) is 5. The molecule has 1 fully saturated rings. The quantitative estimate of drug-likeness (QED) is 0.298. The molecular weight excluding hydrogens is 454 g/mol. The molecule has 5 rings (SSSR count). The molecule has 180 valence electrons. The van der Waals surface area contributed by atoms with Crippen molar-refractivity contribution in [3.63, 3.8) is 0 Å². The molecule has 1 aliphatic heterocycles. The average Bonchev–Trinajstić information content (AvgIpc) is 3.29. The third kappa shape index (κ3) is 4.27. The molecule has 4 aromatic rings. The van der Waals surface area contributed by atoms with E-state index in [0.29, 0.717) is 29.6 Å². The summed E-state index contributed by atoms with van der Waals surface area (Å²) in [6, 6.07) is 14.8. The maximum absolute atomic E-state index is 10.5. The highest BCUT2D eigenvalue weighted by atomic mass is 32.3. The molecule has 0 aliphatic carbocycles. The third-order valence-electron chi connectivity index (χ3n) is 5.65. The van der Waals surface area contributed by atoms with E-state index in [9.17, 15) is 9.11 Å². The molecule has 0 radical (unpaired) electrons. The van der Waals surface area contributed by atoms with Gasteiger partial charge in [0.05, 0.1) is 16.8 Å². The van der Waals surface area contributed by atoms with Gasteiger partial charge in [0.1, 0.15) is 0 Å². The van der Waals surface area contributed by atoms with E-state index in [-0.39, 0.29) is 20.3 Å². The molecular formula is C23H29N7O3S. The highest BCUT2D eigenvalue weighted by Gasteiger charge is 2.29. The van der Waals surface area contributed by atoms with Crippen LogP contribution in [0.4, 0.5) is 5.82 Å². The summed E-state index contributed by atoms with van der Waals surface area (Å²) in [5, 5.41) is 11.4. The van der Waals surface area contributed by atoms with Crippen molar-refractivity contribution in [3.8, 4) is 34.3 Å². The number of benzene rings is 2. The molecule has 3 heterocycles. The molecule has 1 aliphatic rings. The summed E-state index contributed by atoms with van der Waals surface area (Å²) >= 11 is 0. The Morgan fingerprint density at radius 3 is 2.35 bits per heavy atom. The lowest BCUT2D eigenvalue weighted by Crippen LogP contribution is -2.39. The molecule has 0 unspecified atom stereocenters. The number of aromatic nitrogens is 4. The molecule has 1 saturated heterocycles. The molecule has 11 heteroatoms. The molecule has 0 saturated carbocycles. The van der Waals surface area contributed by atoms with Gasteiger partial charge < -0.3 is 15.5 Å². The van der Waals surface area contributed by atoms with Gasteiger partial charge >= 0.3 is 0 Å². The summed E-state index contributed by atoms with van der Waals surface area (Å²) in [5.41, 5.74) is 9.58. The van der Waals surface area contributed by atoms with Crippen molar-refractivity contribution >= 4 is 16.6 Å². The van der Waals surface area contributed by atoms with Crippen LogP contribution in [0, 0.1) is 0 Å². The van der Waals surface area contributed by atoms with Gasteiger partial charge in [-0.15, -0.1) is 21.0 Å². The fourth-order valence-corrected chi connectivity index (χ4v) is 5.17. The number of nitrogens with one attached hydrogen (secondary N) is 1. The first-order valence-corrected chi connectivity index (χ1v) is 12.3. The Bertz CT molecular complexity index is 1300. The van der Waals surface area contributed by atoms with Gasteiger partial charge in [-0.25, -0.2) is 14.3 Å². The summed E-state index contributed by atoms with van der Waals surface area (Å²) < 4.78 is 28.6. The molecule has 2 aromatic heterocycles. The van der Waals surface area contributed by atoms with Crippen LogP contribution in [0.25, 0.3) is 34.3 Å². The van der Waals surface area contributed by atoms with E-state index in [1.807, 2.05) is 31.3 Å². The SMILES string of the molecule is CNCc1ccc(-c2nnc(-c3nc(-c4ccc(S(O)(O)N5CCC5)cc4)cnc3N)o2)cc1.[HH].[HH]. The zero-order valence-electron chi connectivity index (χ0n) is 18.5. The zero-order chi connectivity index (χ0) is 23.7. The number of hydrogen-bond acceptors (Lipinski definition) is 10. The summed E-state index contributed by atoms with van der Waals surface area (Å²) in [6.07, 6.45) is 2.52. The number of hydrogen-bond donors (Lipinski definition) is 4. The molecule has 5 N–H and O–H groups in total. The molecule has 0 atom stereocenters. The van der Waals surface area contributed by atoms with Crippen molar-refractivity contribution in [1.29, 1.82) is 0 Å². The van der Waals surface area contributed by atoms with Crippen LogP contribution in [0.15, 0.2) is 64.0 Å². The minimum absolute atomic E-state index is 0. The van der Waals surface area contributed by atoms with E-state index in [2.05, 4.69) is 25.5 Å². The van der Waals surface area contributed by atoms with E-state index in [0.717, 1.165) is 29.7 Å². The minimum Gasteiger partial charge on any atom is -0.414 e. The number of anilines is 1. The second-order valence-corrected chi connectivity index (χ2v) is 9.98. The Labute approximate surface area is 201 Å². The number of nitrogen functional groups attached to an aromatic ring is 1. The van der Waals surface area contributed by atoms with Crippen LogP contribution in [0.1, 0.15) is 14.8 Å². The van der Waals surface area contributed by atoms with E-state index in [4.69, 9.17) is 10.2 Å².